The van der Waals surface area contributed by atoms with Crippen molar-refractivity contribution in [2.75, 3.05) is 38.6 Å². The van der Waals surface area contributed by atoms with E-state index in [0.717, 1.165) is 38.0 Å². The lowest BCUT2D eigenvalue weighted by Gasteiger charge is -2.42. The van der Waals surface area contributed by atoms with Crippen LogP contribution in [0.2, 0.25) is 5.02 Å². The number of hydrogen-bond donors (Lipinski definition) is 1. The summed E-state index contributed by atoms with van der Waals surface area (Å²) < 4.78 is 14.6. The average molecular weight is 461 g/mol. The van der Waals surface area contributed by atoms with E-state index in [-0.39, 0.29) is 17.8 Å². The van der Waals surface area contributed by atoms with Crippen LogP contribution < -0.4 is 10.6 Å². The minimum atomic E-state index is -0.257. The summed E-state index contributed by atoms with van der Waals surface area (Å²) in [4.78, 5) is 18.6. The highest BCUT2D eigenvalue weighted by molar-refractivity contribution is 6.30. The molecule has 1 unspecified atom stereocenters. The van der Waals surface area contributed by atoms with E-state index in [0.29, 0.717) is 35.3 Å². The van der Waals surface area contributed by atoms with Gasteiger partial charge in [0.25, 0.3) is 5.91 Å². The van der Waals surface area contributed by atoms with Gasteiger partial charge in [-0.1, -0.05) is 11.6 Å². The molecule has 1 heterocycles. The van der Waals surface area contributed by atoms with Gasteiger partial charge in [0.05, 0.1) is 0 Å². The van der Waals surface area contributed by atoms with Crippen molar-refractivity contribution in [1.82, 2.24) is 9.80 Å². The van der Waals surface area contributed by atoms with E-state index in [1.165, 1.54) is 6.07 Å². The molecule has 0 bridgehead atoms. The maximum Gasteiger partial charge on any atom is 0.253 e. The first-order valence-corrected chi connectivity index (χ1v) is 11.6. The lowest BCUT2D eigenvalue weighted by molar-refractivity contribution is 0.0827. The van der Waals surface area contributed by atoms with Crippen molar-refractivity contribution < 1.29 is 9.18 Å². The Kier molecular flexibility index (Phi) is 8.51. The first kappa shape index (κ1) is 24.5. The monoisotopic (exact) mass is 460 g/mol. The second kappa shape index (κ2) is 11.1. The summed E-state index contributed by atoms with van der Waals surface area (Å²) in [5.74, 6) is -0.293. The average Bonchev–Trinajstić information content (AvgIpc) is 2.79. The van der Waals surface area contributed by atoms with Gasteiger partial charge in [-0.25, -0.2) is 4.39 Å². The molecular formula is C25H34ClFN4O. The van der Waals surface area contributed by atoms with Gasteiger partial charge in [-0.3, -0.25) is 4.79 Å². The number of halogens is 2. The fraction of sp³-hybridized carbons (Fsp3) is 0.480. The lowest BCUT2D eigenvalue weighted by atomic mass is 9.99. The van der Waals surface area contributed by atoms with Gasteiger partial charge in [-0.05, 0) is 75.2 Å². The van der Waals surface area contributed by atoms with Crippen molar-refractivity contribution in [3.63, 3.8) is 0 Å². The van der Waals surface area contributed by atoms with Crippen LogP contribution in [0.5, 0.6) is 0 Å². The Bertz CT molecular complexity index is 897. The molecule has 1 fully saturated rings. The number of carbonyl (C=O) groups excluding carboxylic acids is 1. The number of likely N-dealkylation sites (tertiary alicyclic amines) is 1. The van der Waals surface area contributed by atoms with Crippen molar-refractivity contribution in [2.24, 2.45) is 5.73 Å². The van der Waals surface area contributed by atoms with E-state index < -0.39 is 0 Å². The number of amides is 1. The third-order valence-corrected chi connectivity index (χ3v) is 6.58. The number of nitrogens with zero attached hydrogens (tertiary/aromatic N) is 3. The minimum Gasteiger partial charge on any atom is -0.364 e. The van der Waals surface area contributed by atoms with Gasteiger partial charge < -0.3 is 20.4 Å². The van der Waals surface area contributed by atoms with E-state index in [2.05, 4.69) is 16.7 Å². The Hall–Kier alpha value is -2.15. The van der Waals surface area contributed by atoms with Gasteiger partial charge in [0.2, 0.25) is 0 Å². The molecule has 1 amide bonds. The molecule has 2 aromatic rings. The van der Waals surface area contributed by atoms with Crippen LogP contribution in [-0.4, -0.2) is 61.5 Å². The highest BCUT2D eigenvalue weighted by Crippen LogP contribution is 2.29. The maximum absolute atomic E-state index is 14.6. The molecule has 7 heteroatoms. The summed E-state index contributed by atoms with van der Waals surface area (Å²) in [5, 5.41) is 0.527. The third-order valence-electron chi connectivity index (χ3n) is 6.35. The Morgan fingerprint density at radius 2 is 1.84 bits per heavy atom. The molecule has 2 aromatic carbocycles. The Morgan fingerprint density at radius 1 is 1.19 bits per heavy atom. The number of benzene rings is 2. The van der Waals surface area contributed by atoms with Crippen molar-refractivity contribution in [3.05, 3.63) is 64.4 Å². The number of hydrogen-bond acceptors (Lipinski definition) is 4. The minimum absolute atomic E-state index is 0.0359. The van der Waals surface area contributed by atoms with Crippen LogP contribution in [0.1, 0.15) is 42.1 Å². The predicted octanol–water partition coefficient (Wildman–Crippen LogP) is 4.39. The molecule has 2 N–H and O–H groups in total. The Balaban J connectivity index is 1.84. The highest BCUT2D eigenvalue weighted by Gasteiger charge is 2.27. The van der Waals surface area contributed by atoms with Crippen molar-refractivity contribution in [3.8, 4) is 0 Å². The Morgan fingerprint density at radius 3 is 2.44 bits per heavy atom. The summed E-state index contributed by atoms with van der Waals surface area (Å²) in [5.41, 5.74) is 7.93. The van der Waals surface area contributed by atoms with Gasteiger partial charge in [0.1, 0.15) is 5.82 Å². The zero-order chi connectivity index (χ0) is 23.3. The summed E-state index contributed by atoms with van der Waals surface area (Å²) in [6, 6.07) is 13.0. The molecule has 1 saturated heterocycles. The maximum atomic E-state index is 14.6. The van der Waals surface area contributed by atoms with Gasteiger partial charge in [0.15, 0.2) is 0 Å². The van der Waals surface area contributed by atoms with Crippen molar-refractivity contribution >= 4 is 23.2 Å². The van der Waals surface area contributed by atoms with Crippen molar-refractivity contribution in [1.29, 1.82) is 0 Å². The SMILES string of the molecule is CC(CCN)N1CCC(N(Cc2cc(Cl)ccc2F)c2ccc(C(=O)N(C)C)cc2)CC1. The molecule has 0 spiro atoms. The molecular weight excluding hydrogens is 427 g/mol. The zero-order valence-electron chi connectivity index (χ0n) is 19.2. The number of nitrogens with two attached hydrogens (primary N) is 1. The molecule has 0 saturated carbocycles. The van der Waals surface area contributed by atoms with Crippen LogP contribution in [0.4, 0.5) is 10.1 Å². The molecule has 5 nitrogen and oxygen atoms in total. The number of rotatable bonds is 8. The largest absolute Gasteiger partial charge is 0.364 e. The van der Waals surface area contributed by atoms with Gasteiger partial charge in [-0.15, -0.1) is 0 Å². The first-order chi connectivity index (χ1) is 15.3. The molecule has 0 aromatic heterocycles. The predicted molar refractivity (Wildman–Crippen MR) is 130 cm³/mol. The number of anilines is 1. The van der Waals surface area contributed by atoms with Crippen LogP contribution in [0, 0.1) is 5.82 Å². The molecule has 3 rings (SSSR count). The van der Waals surface area contributed by atoms with Crippen molar-refractivity contribution in [2.45, 2.75) is 44.8 Å². The summed E-state index contributed by atoms with van der Waals surface area (Å²) in [7, 11) is 3.48. The smallest absolute Gasteiger partial charge is 0.253 e. The van der Waals surface area contributed by atoms with Crippen LogP contribution in [-0.2, 0) is 6.54 Å². The van der Waals surface area contributed by atoms with E-state index in [9.17, 15) is 9.18 Å². The zero-order valence-corrected chi connectivity index (χ0v) is 20.0. The summed E-state index contributed by atoms with van der Waals surface area (Å²) in [6.07, 6.45) is 2.95. The second-order valence-corrected chi connectivity index (χ2v) is 9.24. The molecule has 1 atom stereocenters. The third kappa shape index (κ3) is 6.00. The van der Waals surface area contributed by atoms with Gasteiger partial charge in [0, 0.05) is 67.7 Å². The highest BCUT2D eigenvalue weighted by atomic mass is 35.5. The van der Waals surface area contributed by atoms with Gasteiger partial charge >= 0.3 is 0 Å². The topological polar surface area (TPSA) is 52.8 Å². The first-order valence-electron chi connectivity index (χ1n) is 11.3. The van der Waals surface area contributed by atoms with Crippen LogP contribution in [0.15, 0.2) is 42.5 Å². The summed E-state index contributed by atoms with van der Waals surface area (Å²) >= 11 is 6.16. The quantitative estimate of drug-likeness (QED) is 0.634. The van der Waals surface area contributed by atoms with Crippen LogP contribution >= 0.6 is 11.6 Å². The molecule has 1 aliphatic heterocycles. The normalized spacial score (nSPS) is 16.1. The molecule has 0 aliphatic carbocycles. The number of carbonyl (C=O) groups is 1. The molecule has 0 radical (unpaired) electrons. The fourth-order valence-corrected chi connectivity index (χ4v) is 4.59. The molecule has 32 heavy (non-hydrogen) atoms. The van der Waals surface area contributed by atoms with E-state index in [1.54, 1.807) is 31.1 Å². The molecule has 174 valence electrons. The Labute approximate surface area is 195 Å². The summed E-state index contributed by atoms with van der Waals surface area (Å²) in [6.45, 7) is 5.32. The van der Waals surface area contributed by atoms with E-state index in [1.807, 2.05) is 24.3 Å². The molecule has 1 aliphatic rings. The van der Waals surface area contributed by atoms with E-state index in [4.69, 9.17) is 17.3 Å². The van der Waals surface area contributed by atoms with E-state index >= 15 is 0 Å². The van der Waals surface area contributed by atoms with Crippen LogP contribution in [0.3, 0.4) is 0 Å². The number of piperidine rings is 1. The fourth-order valence-electron chi connectivity index (χ4n) is 4.39. The standard InChI is InChI=1S/C25H34ClFN4O/c1-18(10-13-28)30-14-11-23(12-15-30)31(17-20-16-21(26)6-9-24(20)27)22-7-4-19(5-8-22)25(32)29(2)3/h4-9,16,18,23H,10-15,17,28H2,1-3H3. The van der Waals surface area contributed by atoms with Gasteiger partial charge in [-0.2, -0.15) is 0 Å². The van der Waals surface area contributed by atoms with Crippen LogP contribution in [0.25, 0.3) is 0 Å². The second-order valence-electron chi connectivity index (χ2n) is 8.80. The lowest BCUT2D eigenvalue weighted by Crippen LogP contribution is -2.47.